The molecule has 0 aromatic carbocycles. The Morgan fingerprint density at radius 1 is 1.25 bits per heavy atom. The van der Waals surface area contributed by atoms with Crippen molar-refractivity contribution < 1.29 is 9.53 Å². The second kappa shape index (κ2) is 9.35. The van der Waals surface area contributed by atoms with Gasteiger partial charge in [-0.2, -0.15) is 0 Å². The van der Waals surface area contributed by atoms with Crippen molar-refractivity contribution in [2.24, 2.45) is 5.92 Å². The van der Waals surface area contributed by atoms with Gasteiger partial charge in [0.1, 0.15) is 6.04 Å². The molecule has 1 atom stereocenters. The fraction of sp³-hybridized carbons (Fsp3) is 0.938. The molecule has 118 valence electrons. The topological polar surface area (TPSA) is 41.6 Å². The standard InChI is InChI=1S/C16H32N2O2/c1-5-13-8-10-14(11-9-13)18(4)12-15(17-6-2)16(19)20-7-3/h13-15,17H,5-12H2,1-4H3. The lowest BCUT2D eigenvalue weighted by atomic mass is 9.84. The Balaban J connectivity index is 2.45. The summed E-state index contributed by atoms with van der Waals surface area (Å²) in [5, 5.41) is 3.24. The highest BCUT2D eigenvalue weighted by Gasteiger charge is 2.27. The van der Waals surface area contributed by atoms with Crippen molar-refractivity contribution in [3.8, 4) is 0 Å². The largest absolute Gasteiger partial charge is 0.465 e. The molecular weight excluding hydrogens is 252 g/mol. The summed E-state index contributed by atoms with van der Waals surface area (Å²) in [5.41, 5.74) is 0. The summed E-state index contributed by atoms with van der Waals surface area (Å²) in [6.07, 6.45) is 6.49. The maximum atomic E-state index is 11.9. The summed E-state index contributed by atoms with van der Waals surface area (Å²) in [6, 6.07) is 0.419. The van der Waals surface area contributed by atoms with Gasteiger partial charge in [0.2, 0.25) is 0 Å². The van der Waals surface area contributed by atoms with E-state index in [1.54, 1.807) is 0 Å². The quantitative estimate of drug-likeness (QED) is 0.695. The Bertz CT molecular complexity index is 276. The van der Waals surface area contributed by atoms with E-state index in [4.69, 9.17) is 4.74 Å². The predicted molar refractivity (Wildman–Crippen MR) is 82.8 cm³/mol. The van der Waals surface area contributed by atoms with Gasteiger partial charge in [-0.05, 0) is 52.1 Å². The van der Waals surface area contributed by atoms with Crippen molar-refractivity contribution in [1.82, 2.24) is 10.2 Å². The molecular formula is C16H32N2O2. The number of hydrogen-bond donors (Lipinski definition) is 1. The van der Waals surface area contributed by atoms with E-state index in [2.05, 4.69) is 24.2 Å². The molecule has 0 aromatic heterocycles. The fourth-order valence-corrected chi connectivity index (χ4v) is 3.14. The summed E-state index contributed by atoms with van der Waals surface area (Å²) in [5.74, 6) is 0.790. The van der Waals surface area contributed by atoms with Crippen LogP contribution in [-0.4, -0.2) is 49.7 Å². The van der Waals surface area contributed by atoms with Gasteiger partial charge in [-0.1, -0.05) is 20.3 Å². The van der Waals surface area contributed by atoms with Crippen molar-refractivity contribution in [3.05, 3.63) is 0 Å². The first-order chi connectivity index (χ1) is 9.62. The zero-order valence-electron chi connectivity index (χ0n) is 13.7. The van der Waals surface area contributed by atoms with E-state index >= 15 is 0 Å². The SMILES string of the molecule is CCNC(CN(C)C1CCC(CC)CC1)C(=O)OCC. The minimum atomic E-state index is -0.200. The summed E-state index contributed by atoms with van der Waals surface area (Å²) < 4.78 is 5.15. The molecule has 1 N–H and O–H groups in total. The molecule has 1 aliphatic rings. The average Bonchev–Trinajstić information content (AvgIpc) is 2.47. The number of ether oxygens (including phenoxy) is 1. The van der Waals surface area contributed by atoms with E-state index in [0.717, 1.165) is 19.0 Å². The molecule has 1 fully saturated rings. The Hall–Kier alpha value is -0.610. The fourth-order valence-electron chi connectivity index (χ4n) is 3.14. The van der Waals surface area contributed by atoms with Gasteiger partial charge in [0.05, 0.1) is 6.61 Å². The highest BCUT2D eigenvalue weighted by atomic mass is 16.5. The van der Waals surface area contributed by atoms with Gasteiger partial charge in [0.15, 0.2) is 0 Å². The number of nitrogens with one attached hydrogen (secondary N) is 1. The minimum absolute atomic E-state index is 0.122. The highest BCUT2D eigenvalue weighted by Crippen LogP contribution is 2.28. The molecule has 1 rings (SSSR count). The molecule has 0 spiro atoms. The number of carbonyl (C=O) groups is 1. The van der Waals surface area contributed by atoms with Crippen LogP contribution in [0, 0.1) is 5.92 Å². The van der Waals surface area contributed by atoms with Gasteiger partial charge in [-0.25, -0.2) is 0 Å². The van der Waals surface area contributed by atoms with Crippen LogP contribution in [0.4, 0.5) is 0 Å². The van der Waals surface area contributed by atoms with E-state index in [9.17, 15) is 4.79 Å². The van der Waals surface area contributed by atoms with Crippen LogP contribution in [0.3, 0.4) is 0 Å². The molecule has 0 aromatic rings. The molecule has 1 saturated carbocycles. The molecule has 0 aliphatic heterocycles. The van der Waals surface area contributed by atoms with Gasteiger partial charge in [-0.15, -0.1) is 0 Å². The third-order valence-corrected chi connectivity index (χ3v) is 4.51. The molecule has 0 bridgehead atoms. The molecule has 0 radical (unpaired) electrons. The van der Waals surface area contributed by atoms with Gasteiger partial charge in [0, 0.05) is 12.6 Å². The summed E-state index contributed by atoms with van der Waals surface area (Å²) in [4.78, 5) is 14.3. The van der Waals surface area contributed by atoms with Crippen molar-refractivity contribution in [3.63, 3.8) is 0 Å². The lowest BCUT2D eigenvalue weighted by molar-refractivity contribution is -0.146. The average molecular weight is 284 g/mol. The Morgan fingerprint density at radius 3 is 2.40 bits per heavy atom. The summed E-state index contributed by atoms with van der Waals surface area (Å²) in [6.45, 7) is 8.16. The zero-order chi connectivity index (χ0) is 15.0. The van der Waals surface area contributed by atoms with Crippen molar-refractivity contribution >= 4 is 5.97 Å². The van der Waals surface area contributed by atoms with Gasteiger partial charge >= 0.3 is 5.97 Å². The molecule has 1 unspecified atom stereocenters. The number of hydrogen-bond acceptors (Lipinski definition) is 4. The molecule has 4 nitrogen and oxygen atoms in total. The lowest BCUT2D eigenvalue weighted by Gasteiger charge is -2.35. The van der Waals surface area contributed by atoms with Crippen LogP contribution in [0.15, 0.2) is 0 Å². The number of likely N-dealkylation sites (N-methyl/N-ethyl adjacent to an activating group) is 2. The van der Waals surface area contributed by atoms with Crippen LogP contribution in [0.1, 0.15) is 52.9 Å². The van der Waals surface area contributed by atoms with Crippen LogP contribution in [0.5, 0.6) is 0 Å². The molecule has 1 aliphatic carbocycles. The first-order valence-electron chi connectivity index (χ1n) is 8.22. The normalized spacial score (nSPS) is 24.6. The number of nitrogens with zero attached hydrogens (tertiary/aromatic N) is 1. The highest BCUT2D eigenvalue weighted by molar-refractivity contribution is 5.76. The van der Waals surface area contributed by atoms with E-state index in [0.29, 0.717) is 12.6 Å². The van der Waals surface area contributed by atoms with E-state index < -0.39 is 0 Å². The monoisotopic (exact) mass is 284 g/mol. The Morgan fingerprint density at radius 2 is 1.90 bits per heavy atom. The first-order valence-corrected chi connectivity index (χ1v) is 8.22. The molecule has 20 heavy (non-hydrogen) atoms. The minimum Gasteiger partial charge on any atom is -0.465 e. The van der Waals surface area contributed by atoms with Gasteiger partial charge in [0.25, 0.3) is 0 Å². The lowest BCUT2D eigenvalue weighted by Crippen LogP contribution is -2.49. The number of rotatable bonds is 8. The second-order valence-corrected chi connectivity index (χ2v) is 5.88. The van der Waals surface area contributed by atoms with Crippen LogP contribution in [-0.2, 0) is 9.53 Å². The molecule has 0 saturated heterocycles. The van der Waals surface area contributed by atoms with E-state index in [-0.39, 0.29) is 12.0 Å². The van der Waals surface area contributed by atoms with Crippen molar-refractivity contribution in [2.75, 3.05) is 26.7 Å². The molecule has 0 amide bonds. The number of esters is 1. The van der Waals surface area contributed by atoms with Crippen LogP contribution < -0.4 is 5.32 Å². The maximum Gasteiger partial charge on any atom is 0.324 e. The van der Waals surface area contributed by atoms with Crippen molar-refractivity contribution in [1.29, 1.82) is 0 Å². The van der Waals surface area contributed by atoms with Crippen molar-refractivity contribution in [2.45, 2.75) is 65.0 Å². The maximum absolute atomic E-state index is 11.9. The van der Waals surface area contributed by atoms with Crippen LogP contribution in [0.25, 0.3) is 0 Å². The van der Waals surface area contributed by atoms with Gasteiger partial charge < -0.3 is 15.0 Å². The molecule has 4 heteroatoms. The molecule has 0 heterocycles. The van der Waals surface area contributed by atoms with Crippen LogP contribution in [0.2, 0.25) is 0 Å². The third kappa shape index (κ3) is 5.41. The first kappa shape index (κ1) is 17.4. The predicted octanol–water partition coefficient (Wildman–Crippen LogP) is 2.43. The van der Waals surface area contributed by atoms with E-state index in [1.807, 2.05) is 13.8 Å². The smallest absolute Gasteiger partial charge is 0.324 e. The van der Waals surface area contributed by atoms with Crippen LogP contribution >= 0.6 is 0 Å². The second-order valence-electron chi connectivity index (χ2n) is 5.88. The van der Waals surface area contributed by atoms with E-state index in [1.165, 1.54) is 32.1 Å². The van der Waals surface area contributed by atoms with Gasteiger partial charge in [-0.3, -0.25) is 4.79 Å². The Labute approximate surface area is 124 Å². The summed E-state index contributed by atoms with van der Waals surface area (Å²) >= 11 is 0. The Kier molecular flexibility index (Phi) is 8.15. The zero-order valence-corrected chi connectivity index (χ0v) is 13.7. The third-order valence-electron chi connectivity index (χ3n) is 4.51. The number of carbonyl (C=O) groups excluding carboxylic acids is 1. The summed E-state index contributed by atoms with van der Waals surface area (Å²) in [7, 11) is 2.14.